The molecule has 1 atom stereocenters. The molecule has 1 aromatic carbocycles. The fraction of sp³-hybridized carbons (Fsp3) is 0.533. The molecule has 4 heteroatoms. The first-order valence-corrected chi connectivity index (χ1v) is 6.63. The van der Waals surface area contributed by atoms with Crippen LogP contribution in [0.1, 0.15) is 36.2 Å². The summed E-state index contributed by atoms with van der Waals surface area (Å²) >= 11 is 0. The molecular formula is C15H24N2O2. The van der Waals surface area contributed by atoms with Crippen LogP contribution in [0.25, 0.3) is 0 Å². The number of carbonyl (C=O) groups is 1. The summed E-state index contributed by atoms with van der Waals surface area (Å²) in [6, 6.07) is 5.16. The fourth-order valence-electron chi connectivity index (χ4n) is 1.81. The van der Waals surface area contributed by atoms with E-state index in [1.165, 1.54) is 0 Å². The zero-order valence-electron chi connectivity index (χ0n) is 12.2. The fourth-order valence-corrected chi connectivity index (χ4v) is 1.81. The van der Waals surface area contributed by atoms with Crippen molar-refractivity contribution in [1.82, 2.24) is 4.90 Å². The van der Waals surface area contributed by atoms with Gasteiger partial charge in [0.2, 0.25) is 0 Å². The van der Waals surface area contributed by atoms with E-state index in [0.717, 1.165) is 12.0 Å². The van der Waals surface area contributed by atoms with Crippen LogP contribution in [0.4, 0.5) is 0 Å². The van der Waals surface area contributed by atoms with E-state index in [2.05, 4.69) is 13.8 Å². The lowest BCUT2D eigenvalue weighted by atomic mass is 10.0. The minimum Gasteiger partial charge on any atom is -0.507 e. The number of carbonyl (C=O) groups excluding carboxylic acids is 1. The largest absolute Gasteiger partial charge is 0.507 e. The number of aromatic hydroxyl groups is 1. The molecule has 0 aromatic heterocycles. The van der Waals surface area contributed by atoms with Gasteiger partial charge in [-0.1, -0.05) is 19.9 Å². The minimum atomic E-state index is -0.173. The van der Waals surface area contributed by atoms with Crippen LogP contribution in [0.2, 0.25) is 0 Å². The Morgan fingerprint density at radius 3 is 2.58 bits per heavy atom. The maximum absolute atomic E-state index is 12.2. The van der Waals surface area contributed by atoms with Gasteiger partial charge >= 0.3 is 0 Å². The molecule has 4 nitrogen and oxygen atoms in total. The summed E-state index contributed by atoms with van der Waals surface area (Å²) in [5.74, 6) is 0.259. The molecule has 0 aliphatic heterocycles. The Bertz CT molecular complexity index is 444. The van der Waals surface area contributed by atoms with Gasteiger partial charge in [-0.2, -0.15) is 0 Å². The first kappa shape index (κ1) is 15.5. The topological polar surface area (TPSA) is 66.6 Å². The summed E-state index contributed by atoms with van der Waals surface area (Å²) in [6.07, 6.45) is 0.756. The van der Waals surface area contributed by atoms with E-state index in [4.69, 9.17) is 5.73 Å². The first-order chi connectivity index (χ1) is 8.82. The molecule has 0 spiro atoms. The highest BCUT2D eigenvalue weighted by Crippen LogP contribution is 2.20. The van der Waals surface area contributed by atoms with Crippen LogP contribution in [0.5, 0.6) is 5.75 Å². The van der Waals surface area contributed by atoms with Gasteiger partial charge in [-0.25, -0.2) is 0 Å². The van der Waals surface area contributed by atoms with Crippen LogP contribution in [-0.4, -0.2) is 35.5 Å². The molecule has 0 saturated heterocycles. The molecule has 1 unspecified atom stereocenters. The summed E-state index contributed by atoms with van der Waals surface area (Å²) in [4.78, 5) is 13.8. The average molecular weight is 264 g/mol. The highest BCUT2D eigenvalue weighted by Gasteiger charge is 2.17. The van der Waals surface area contributed by atoms with E-state index >= 15 is 0 Å². The van der Waals surface area contributed by atoms with E-state index in [0.29, 0.717) is 18.0 Å². The smallest absolute Gasteiger partial charge is 0.257 e. The number of aryl methyl sites for hydroxylation is 1. The summed E-state index contributed by atoms with van der Waals surface area (Å²) in [5.41, 5.74) is 7.23. The highest BCUT2D eigenvalue weighted by molar-refractivity contribution is 5.96. The van der Waals surface area contributed by atoms with E-state index in [1.807, 2.05) is 13.0 Å². The number of rotatable bonds is 5. The molecule has 0 radical (unpaired) electrons. The molecule has 1 amide bonds. The van der Waals surface area contributed by atoms with Crippen LogP contribution in [0.15, 0.2) is 18.2 Å². The van der Waals surface area contributed by atoms with Crippen LogP contribution < -0.4 is 5.73 Å². The second-order valence-electron chi connectivity index (χ2n) is 5.44. The lowest BCUT2D eigenvalue weighted by Gasteiger charge is -2.22. The van der Waals surface area contributed by atoms with Crippen molar-refractivity contribution < 1.29 is 9.90 Å². The van der Waals surface area contributed by atoms with Crippen LogP contribution in [-0.2, 0) is 0 Å². The molecule has 3 N–H and O–H groups in total. The number of nitrogens with two attached hydrogens (primary N) is 1. The number of phenols is 1. The maximum Gasteiger partial charge on any atom is 0.257 e. The third-order valence-corrected chi connectivity index (χ3v) is 3.38. The van der Waals surface area contributed by atoms with Gasteiger partial charge in [0.05, 0.1) is 5.56 Å². The number of hydrogen-bond acceptors (Lipinski definition) is 3. The lowest BCUT2D eigenvalue weighted by molar-refractivity contribution is 0.0786. The van der Waals surface area contributed by atoms with E-state index in [9.17, 15) is 9.90 Å². The normalized spacial score (nSPS) is 12.5. The average Bonchev–Trinajstić information content (AvgIpc) is 2.34. The van der Waals surface area contributed by atoms with Crippen LogP contribution in [0, 0.1) is 12.8 Å². The van der Waals surface area contributed by atoms with Gasteiger partial charge in [0, 0.05) is 19.6 Å². The Balaban J connectivity index is 2.66. The number of amides is 1. The van der Waals surface area contributed by atoms with Crippen molar-refractivity contribution in [3.05, 3.63) is 29.3 Å². The number of hydrogen-bond donors (Lipinski definition) is 2. The van der Waals surface area contributed by atoms with Gasteiger partial charge in [-0.05, 0) is 37.0 Å². The summed E-state index contributed by atoms with van der Waals surface area (Å²) in [5, 5.41) is 9.80. The van der Waals surface area contributed by atoms with E-state index in [-0.39, 0.29) is 17.7 Å². The number of phenolic OH excluding ortho intramolecular Hbond substituents is 1. The number of benzene rings is 1. The summed E-state index contributed by atoms with van der Waals surface area (Å²) in [7, 11) is 1.73. The molecule has 1 aromatic rings. The van der Waals surface area contributed by atoms with Crippen molar-refractivity contribution in [2.45, 2.75) is 33.2 Å². The van der Waals surface area contributed by atoms with Crippen molar-refractivity contribution in [1.29, 1.82) is 0 Å². The highest BCUT2D eigenvalue weighted by atomic mass is 16.3. The molecule has 19 heavy (non-hydrogen) atoms. The number of nitrogens with zero attached hydrogens (tertiary/aromatic N) is 1. The third kappa shape index (κ3) is 4.24. The minimum absolute atomic E-state index is 0.0324. The quantitative estimate of drug-likeness (QED) is 0.856. The molecule has 106 valence electrons. The van der Waals surface area contributed by atoms with Crippen molar-refractivity contribution in [3.8, 4) is 5.75 Å². The SMILES string of the molecule is Cc1ccc(C(=O)N(C)CCC(N)C(C)C)c(O)c1. The Labute approximate surface area is 115 Å². The predicted octanol–water partition coefficient (Wildman–Crippen LogP) is 2.15. The van der Waals surface area contributed by atoms with Gasteiger partial charge in [-0.3, -0.25) is 4.79 Å². The van der Waals surface area contributed by atoms with Crippen molar-refractivity contribution in [2.24, 2.45) is 11.7 Å². The zero-order valence-corrected chi connectivity index (χ0v) is 12.2. The van der Waals surface area contributed by atoms with Crippen molar-refractivity contribution >= 4 is 5.91 Å². The maximum atomic E-state index is 12.2. The van der Waals surface area contributed by atoms with Crippen molar-refractivity contribution in [2.75, 3.05) is 13.6 Å². The van der Waals surface area contributed by atoms with E-state index < -0.39 is 0 Å². The van der Waals surface area contributed by atoms with Gasteiger partial charge in [0.1, 0.15) is 5.75 Å². The second-order valence-corrected chi connectivity index (χ2v) is 5.44. The molecule has 0 saturated carbocycles. The molecule has 0 heterocycles. The molecule has 0 aliphatic rings. The third-order valence-electron chi connectivity index (χ3n) is 3.38. The first-order valence-electron chi connectivity index (χ1n) is 6.63. The summed E-state index contributed by atoms with van der Waals surface area (Å²) < 4.78 is 0. The van der Waals surface area contributed by atoms with Gasteiger partial charge in [-0.15, -0.1) is 0 Å². The molecule has 0 fully saturated rings. The molecule has 1 rings (SSSR count). The van der Waals surface area contributed by atoms with Crippen LogP contribution >= 0.6 is 0 Å². The Morgan fingerprint density at radius 2 is 2.05 bits per heavy atom. The van der Waals surface area contributed by atoms with E-state index in [1.54, 1.807) is 24.1 Å². The van der Waals surface area contributed by atoms with Gasteiger partial charge in [0.15, 0.2) is 0 Å². The Hall–Kier alpha value is -1.55. The standard InChI is InChI=1S/C15H24N2O2/c1-10(2)13(16)7-8-17(4)15(19)12-6-5-11(3)9-14(12)18/h5-6,9-10,13,18H,7-8,16H2,1-4H3. The molecule has 0 aliphatic carbocycles. The summed E-state index contributed by atoms with van der Waals surface area (Å²) in [6.45, 7) is 6.60. The molecule has 0 bridgehead atoms. The Kier molecular flexibility index (Phi) is 5.36. The van der Waals surface area contributed by atoms with Crippen LogP contribution in [0.3, 0.4) is 0 Å². The van der Waals surface area contributed by atoms with Gasteiger partial charge < -0.3 is 15.7 Å². The second kappa shape index (κ2) is 6.57. The van der Waals surface area contributed by atoms with Crippen molar-refractivity contribution in [3.63, 3.8) is 0 Å². The zero-order chi connectivity index (χ0) is 14.6. The monoisotopic (exact) mass is 264 g/mol. The lowest BCUT2D eigenvalue weighted by Crippen LogP contribution is -2.34. The molecular weight excluding hydrogens is 240 g/mol. The predicted molar refractivity (Wildman–Crippen MR) is 77.2 cm³/mol. The Morgan fingerprint density at radius 1 is 1.42 bits per heavy atom. The van der Waals surface area contributed by atoms with Gasteiger partial charge in [0.25, 0.3) is 5.91 Å².